The molecule has 0 spiro atoms. The van der Waals surface area contributed by atoms with Crippen LogP contribution in [0.15, 0.2) is 36.4 Å². The number of hydrogen-bond acceptors (Lipinski definition) is 13. The standard InChI is InChI=1S/C27H40N4O9/c1-37-26(35)24-7-3-5-21(28-24)17-30(9-13-32)11-15-39-20-23(19-34)40-16-12-31(10-14-33)18-22-6-4-8-25(29-22)27(36)38-2/h3-8,23,32-34H,9-20H2,1-2H3/t23-/m1/s1. The molecule has 13 nitrogen and oxygen atoms in total. The Balaban J connectivity index is 1.78. The molecule has 0 aromatic carbocycles. The maximum Gasteiger partial charge on any atom is 0.356 e. The minimum atomic E-state index is -0.540. The average molecular weight is 565 g/mol. The smallest absolute Gasteiger partial charge is 0.356 e. The molecule has 2 heterocycles. The van der Waals surface area contributed by atoms with Gasteiger partial charge >= 0.3 is 11.9 Å². The molecule has 3 N–H and O–H groups in total. The molecule has 0 saturated carbocycles. The van der Waals surface area contributed by atoms with Gasteiger partial charge in [-0.1, -0.05) is 12.1 Å². The van der Waals surface area contributed by atoms with Crippen molar-refractivity contribution in [2.24, 2.45) is 0 Å². The van der Waals surface area contributed by atoms with Gasteiger partial charge in [0.05, 0.1) is 65.2 Å². The summed E-state index contributed by atoms with van der Waals surface area (Å²) >= 11 is 0. The number of aliphatic hydroxyl groups excluding tert-OH is 3. The Morgan fingerprint density at radius 1 is 0.775 bits per heavy atom. The molecule has 2 rings (SSSR count). The van der Waals surface area contributed by atoms with Crippen LogP contribution in [0.2, 0.25) is 0 Å². The van der Waals surface area contributed by atoms with E-state index in [4.69, 9.17) is 18.9 Å². The van der Waals surface area contributed by atoms with Crippen molar-refractivity contribution in [3.63, 3.8) is 0 Å². The lowest BCUT2D eigenvalue weighted by atomic mass is 10.3. The highest BCUT2D eigenvalue weighted by molar-refractivity contribution is 5.87. The van der Waals surface area contributed by atoms with E-state index in [0.717, 1.165) is 0 Å². The van der Waals surface area contributed by atoms with Gasteiger partial charge in [0, 0.05) is 39.3 Å². The number of aliphatic hydroxyl groups is 3. The van der Waals surface area contributed by atoms with Gasteiger partial charge in [0.2, 0.25) is 0 Å². The van der Waals surface area contributed by atoms with E-state index in [1.165, 1.54) is 14.2 Å². The number of pyridine rings is 2. The summed E-state index contributed by atoms with van der Waals surface area (Å²) in [5, 5.41) is 28.6. The fraction of sp³-hybridized carbons (Fsp3) is 0.556. The molecule has 222 valence electrons. The van der Waals surface area contributed by atoms with Crippen LogP contribution in [-0.2, 0) is 32.0 Å². The van der Waals surface area contributed by atoms with E-state index in [9.17, 15) is 24.9 Å². The maximum absolute atomic E-state index is 11.7. The number of esters is 2. The molecule has 13 heteroatoms. The Labute approximate surface area is 234 Å². The van der Waals surface area contributed by atoms with Crippen molar-refractivity contribution in [3.8, 4) is 0 Å². The largest absolute Gasteiger partial charge is 0.464 e. The highest BCUT2D eigenvalue weighted by atomic mass is 16.5. The van der Waals surface area contributed by atoms with Gasteiger partial charge < -0.3 is 34.3 Å². The second-order valence-electron chi connectivity index (χ2n) is 8.76. The minimum Gasteiger partial charge on any atom is -0.464 e. The van der Waals surface area contributed by atoms with Crippen molar-refractivity contribution >= 4 is 11.9 Å². The van der Waals surface area contributed by atoms with E-state index in [2.05, 4.69) is 9.97 Å². The van der Waals surface area contributed by atoms with E-state index in [-0.39, 0.29) is 44.4 Å². The molecule has 0 aliphatic rings. The van der Waals surface area contributed by atoms with Gasteiger partial charge in [-0.3, -0.25) is 9.80 Å². The van der Waals surface area contributed by atoms with Gasteiger partial charge in [-0.25, -0.2) is 19.6 Å². The summed E-state index contributed by atoms with van der Waals surface area (Å²) in [5.41, 5.74) is 1.73. The van der Waals surface area contributed by atoms with Crippen LogP contribution in [0.3, 0.4) is 0 Å². The van der Waals surface area contributed by atoms with E-state index in [1.807, 2.05) is 9.80 Å². The summed E-state index contributed by atoms with van der Waals surface area (Å²) in [5.74, 6) is -1.04. The Morgan fingerprint density at radius 2 is 1.27 bits per heavy atom. The van der Waals surface area contributed by atoms with Crippen LogP contribution >= 0.6 is 0 Å². The maximum atomic E-state index is 11.7. The minimum absolute atomic E-state index is 0.0497. The molecular weight excluding hydrogens is 524 g/mol. The van der Waals surface area contributed by atoms with Gasteiger partial charge in [-0.05, 0) is 24.3 Å². The summed E-state index contributed by atoms with van der Waals surface area (Å²) < 4.78 is 20.9. The molecular formula is C27H40N4O9. The third-order valence-electron chi connectivity index (χ3n) is 5.83. The Kier molecular flexibility index (Phi) is 15.8. The molecule has 2 aromatic rings. The fourth-order valence-corrected chi connectivity index (χ4v) is 3.76. The van der Waals surface area contributed by atoms with Crippen LogP contribution < -0.4 is 0 Å². The Morgan fingerprint density at radius 3 is 1.73 bits per heavy atom. The van der Waals surface area contributed by atoms with E-state index < -0.39 is 18.0 Å². The normalized spacial score (nSPS) is 12.1. The van der Waals surface area contributed by atoms with Gasteiger partial charge in [-0.2, -0.15) is 0 Å². The predicted octanol–water partition coefficient (Wildman–Crippen LogP) is -0.267. The summed E-state index contributed by atoms with van der Waals surface area (Å²) in [6, 6.07) is 10.2. The summed E-state index contributed by atoms with van der Waals surface area (Å²) in [6.07, 6.45) is -0.540. The molecule has 0 amide bonds. The first-order valence-electron chi connectivity index (χ1n) is 13.0. The molecule has 0 radical (unpaired) electrons. The SMILES string of the molecule is COC(=O)c1cccc(CN(CCO)CCOC[C@@H](CO)OCCN(CCO)Cc2cccc(C(=O)OC)n2)n1. The van der Waals surface area contributed by atoms with Crippen molar-refractivity contribution in [3.05, 3.63) is 59.2 Å². The average Bonchev–Trinajstić information content (AvgIpc) is 2.97. The monoisotopic (exact) mass is 564 g/mol. The van der Waals surface area contributed by atoms with Crippen LogP contribution in [0.25, 0.3) is 0 Å². The third kappa shape index (κ3) is 12.0. The lowest BCUT2D eigenvalue weighted by Crippen LogP contribution is -2.34. The molecule has 0 unspecified atom stereocenters. The molecule has 2 aromatic heterocycles. The lowest BCUT2D eigenvalue weighted by Gasteiger charge is -2.24. The fourth-order valence-electron chi connectivity index (χ4n) is 3.76. The molecule has 0 aliphatic carbocycles. The highest BCUT2D eigenvalue weighted by Crippen LogP contribution is 2.07. The molecule has 0 aliphatic heterocycles. The van der Waals surface area contributed by atoms with E-state index >= 15 is 0 Å². The van der Waals surface area contributed by atoms with Crippen molar-refractivity contribution in [2.75, 3.05) is 80.0 Å². The number of rotatable bonds is 20. The number of nitrogens with zero attached hydrogens (tertiary/aromatic N) is 4. The van der Waals surface area contributed by atoms with Gasteiger partial charge in [0.1, 0.15) is 17.5 Å². The van der Waals surface area contributed by atoms with Crippen molar-refractivity contribution in [2.45, 2.75) is 19.2 Å². The summed E-state index contributed by atoms with van der Waals surface area (Å²) in [7, 11) is 2.59. The van der Waals surface area contributed by atoms with Crippen molar-refractivity contribution in [1.29, 1.82) is 0 Å². The van der Waals surface area contributed by atoms with Gasteiger partial charge in [0.15, 0.2) is 0 Å². The lowest BCUT2D eigenvalue weighted by molar-refractivity contribution is -0.0511. The van der Waals surface area contributed by atoms with Crippen molar-refractivity contribution in [1.82, 2.24) is 19.8 Å². The van der Waals surface area contributed by atoms with E-state index in [0.29, 0.717) is 57.3 Å². The molecule has 0 saturated heterocycles. The first kappa shape index (κ1) is 33.2. The quantitative estimate of drug-likeness (QED) is 0.142. The zero-order valence-corrected chi connectivity index (χ0v) is 23.1. The number of methoxy groups -OCH3 is 2. The third-order valence-corrected chi connectivity index (χ3v) is 5.83. The molecule has 0 fully saturated rings. The molecule has 40 heavy (non-hydrogen) atoms. The number of carbonyl (C=O) groups is 2. The summed E-state index contributed by atoms with van der Waals surface area (Å²) in [6.45, 7) is 2.97. The van der Waals surface area contributed by atoms with Crippen molar-refractivity contribution < 1.29 is 43.9 Å². The first-order chi connectivity index (χ1) is 19.4. The predicted molar refractivity (Wildman–Crippen MR) is 144 cm³/mol. The van der Waals surface area contributed by atoms with Crippen LogP contribution in [0.1, 0.15) is 32.4 Å². The Bertz CT molecular complexity index is 1030. The number of carbonyl (C=O) groups excluding carboxylic acids is 2. The van der Waals surface area contributed by atoms with Gasteiger partial charge in [0.25, 0.3) is 0 Å². The first-order valence-corrected chi connectivity index (χ1v) is 13.0. The summed E-state index contributed by atoms with van der Waals surface area (Å²) in [4.78, 5) is 35.9. The van der Waals surface area contributed by atoms with Crippen LogP contribution in [0, 0.1) is 0 Å². The Hall–Kier alpha value is -3.04. The molecule has 0 bridgehead atoms. The second-order valence-corrected chi connectivity index (χ2v) is 8.76. The number of ether oxygens (including phenoxy) is 4. The topological polar surface area (TPSA) is 164 Å². The molecule has 1 atom stereocenters. The zero-order valence-electron chi connectivity index (χ0n) is 23.1. The number of aromatic nitrogens is 2. The highest BCUT2D eigenvalue weighted by Gasteiger charge is 2.14. The van der Waals surface area contributed by atoms with Crippen LogP contribution in [0.4, 0.5) is 0 Å². The zero-order chi connectivity index (χ0) is 29.2. The van der Waals surface area contributed by atoms with Crippen LogP contribution in [0.5, 0.6) is 0 Å². The number of hydrogen-bond donors (Lipinski definition) is 3. The van der Waals surface area contributed by atoms with E-state index in [1.54, 1.807) is 36.4 Å². The van der Waals surface area contributed by atoms with Crippen LogP contribution in [-0.4, -0.2) is 133 Å². The van der Waals surface area contributed by atoms with Gasteiger partial charge in [-0.15, -0.1) is 0 Å². The second kappa shape index (κ2) is 19.1.